The molecule has 0 aliphatic rings. The predicted octanol–water partition coefficient (Wildman–Crippen LogP) is 5.65. The summed E-state index contributed by atoms with van der Waals surface area (Å²) in [6, 6.07) is 15.1. The normalized spacial score (nSPS) is 10.8. The molecular weight excluding hydrogens is 337 g/mol. The second kappa shape index (κ2) is 6.69. The molecule has 3 rings (SSSR count). The van der Waals surface area contributed by atoms with E-state index in [1.807, 2.05) is 42.5 Å². The van der Waals surface area contributed by atoms with Gasteiger partial charge in [0.05, 0.1) is 15.6 Å². The van der Waals surface area contributed by atoms with Gasteiger partial charge in [-0.25, -0.2) is 4.98 Å². The van der Waals surface area contributed by atoms with Crippen LogP contribution in [0.15, 0.2) is 53.6 Å². The number of para-hydroxylation sites is 1. The summed E-state index contributed by atoms with van der Waals surface area (Å²) in [5.41, 5.74) is 2.51. The van der Waals surface area contributed by atoms with Crippen LogP contribution in [-0.2, 0) is 5.75 Å². The zero-order valence-electron chi connectivity index (χ0n) is 11.4. The van der Waals surface area contributed by atoms with Crippen molar-refractivity contribution < 1.29 is 4.79 Å². The van der Waals surface area contributed by atoms with E-state index in [1.54, 1.807) is 6.07 Å². The van der Waals surface area contributed by atoms with Crippen LogP contribution in [0.25, 0.3) is 10.9 Å². The number of pyridine rings is 1. The zero-order chi connectivity index (χ0) is 15.5. The van der Waals surface area contributed by atoms with Gasteiger partial charge in [0.25, 0.3) is 0 Å². The number of halogens is 2. The summed E-state index contributed by atoms with van der Waals surface area (Å²) in [5.74, 6) is 0.670. The molecule has 0 saturated carbocycles. The third-order valence-corrected chi connectivity index (χ3v) is 5.02. The van der Waals surface area contributed by atoms with Crippen molar-refractivity contribution in [2.24, 2.45) is 0 Å². The molecule has 1 heterocycles. The number of rotatable bonds is 4. The molecule has 2 nitrogen and oxygen atoms in total. The van der Waals surface area contributed by atoms with Crippen LogP contribution in [-0.4, -0.2) is 11.3 Å². The Morgan fingerprint density at radius 1 is 1.05 bits per heavy atom. The quantitative estimate of drug-likeness (QED) is 0.451. The molecule has 0 radical (unpaired) electrons. The van der Waals surface area contributed by atoms with Crippen LogP contribution in [0, 0.1) is 0 Å². The van der Waals surface area contributed by atoms with E-state index in [4.69, 9.17) is 23.2 Å². The van der Waals surface area contributed by atoms with Crippen molar-refractivity contribution in [1.29, 1.82) is 0 Å². The van der Waals surface area contributed by atoms with Crippen molar-refractivity contribution in [3.8, 4) is 0 Å². The molecule has 0 atom stereocenters. The molecule has 0 unspecified atom stereocenters. The highest BCUT2D eigenvalue weighted by molar-refractivity contribution is 7.98. The highest BCUT2D eigenvalue weighted by Crippen LogP contribution is 2.29. The van der Waals surface area contributed by atoms with E-state index < -0.39 is 0 Å². The first-order chi connectivity index (χ1) is 10.7. The Morgan fingerprint density at radius 2 is 1.86 bits per heavy atom. The van der Waals surface area contributed by atoms with Gasteiger partial charge in [0.2, 0.25) is 0 Å². The van der Waals surface area contributed by atoms with Crippen molar-refractivity contribution in [3.63, 3.8) is 0 Å². The number of thioether (sulfide) groups is 1. The Hall–Kier alpha value is -1.55. The minimum Gasteiger partial charge on any atom is -0.298 e. The van der Waals surface area contributed by atoms with Crippen LogP contribution in [0.3, 0.4) is 0 Å². The summed E-state index contributed by atoms with van der Waals surface area (Å²) in [6.07, 6.45) is 0.844. The standard InChI is InChI=1S/C17H11Cl2NOS/c18-14-6-5-11(7-15(14)19)10-22-17-13(9-21)8-12-3-1-2-4-16(12)20-17/h1-9H,10H2. The predicted molar refractivity (Wildman–Crippen MR) is 93.2 cm³/mol. The number of benzene rings is 2. The SMILES string of the molecule is O=Cc1cc2ccccc2nc1SCc1ccc(Cl)c(Cl)c1. The molecule has 0 spiro atoms. The molecule has 2 aromatic carbocycles. The lowest BCUT2D eigenvalue weighted by Gasteiger charge is -2.07. The van der Waals surface area contributed by atoms with Gasteiger partial charge in [-0.05, 0) is 29.8 Å². The van der Waals surface area contributed by atoms with E-state index in [1.165, 1.54) is 11.8 Å². The second-order valence-electron chi connectivity index (χ2n) is 4.73. The summed E-state index contributed by atoms with van der Waals surface area (Å²) in [4.78, 5) is 15.9. The monoisotopic (exact) mass is 347 g/mol. The van der Waals surface area contributed by atoms with Gasteiger partial charge in [-0.15, -0.1) is 11.8 Å². The molecule has 0 fully saturated rings. The van der Waals surface area contributed by atoms with Crippen molar-refractivity contribution in [3.05, 3.63) is 69.7 Å². The smallest absolute Gasteiger partial charge is 0.152 e. The van der Waals surface area contributed by atoms with Crippen LogP contribution < -0.4 is 0 Å². The number of hydrogen-bond donors (Lipinski definition) is 0. The fourth-order valence-electron chi connectivity index (χ4n) is 2.10. The molecule has 0 aliphatic carbocycles. The molecule has 22 heavy (non-hydrogen) atoms. The molecular formula is C17H11Cl2NOS. The fourth-order valence-corrected chi connectivity index (χ4v) is 3.34. The maximum atomic E-state index is 11.3. The minimum atomic E-state index is 0.529. The molecule has 0 saturated heterocycles. The number of carbonyl (C=O) groups excluding carboxylic acids is 1. The van der Waals surface area contributed by atoms with Gasteiger partial charge in [0.15, 0.2) is 6.29 Å². The Bertz CT molecular complexity index is 851. The summed E-state index contributed by atoms with van der Waals surface area (Å²) in [5, 5.41) is 2.75. The highest BCUT2D eigenvalue weighted by atomic mass is 35.5. The molecule has 3 aromatic rings. The highest BCUT2D eigenvalue weighted by Gasteiger charge is 2.08. The van der Waals surface area contributed by atoms with Gasteiger partial charge in [-0.3, -0.25) is 4.79 Å². The molecule has 0 bridgehead atoms. The Balaban J connectivity index is 1.89. The average Bonchev–Trinajstić information content (AvgIpc) is 2.55. The van der Waals surface area contributed by atoms with Gasteiger partial charge in [-0.1, -0.05) is 47.5 Å². The largest absolute Gasteiger partial charge is 0.298 e. The van der Waals surface area contributed by atoms with E-state index >= 15 is 0 Å². The number of fused-ring (bicyclic) bond motifs is 1. The molecule has 0 N–H and O–H groups in total. The molecule has 5 heteroatoms. The number of nitrogens with zero attached hydrogens (tertiary/aromatic N) is 1. The van der Waals surface area contributed by atoms with E-state index in [2.05, 4.69) is 4.98 Å². The van der Waals surface area contributed by atoms with Gasteiger partial charge >= 0.3 is 0 Å². The van der Waals surface area contributed by atoms with Crippen LogP contribution >= 0.6 is 35.0 Å². The maximum absolute atomic E-state index is 11.3. The third kappa shape index (κ3) is 3.27. The average molecular weight is 348 g/mol. The van der Waals surface area contributed by atoms with Crippen LogP contribution in [0.2, 0.25) is 10.0 Å². The van der Waals surface area contributed by atoms with Crippen molar-refractivity contribution >= 4 is 52.2 Å². The van der Waals surface area contributed by atoms with E-state index in [0.29, 0.717) is 21.4 Å². The zero-order valence-corrected chi connectivity index (χ0v) is 13.8. The van der Waals surface area contributed by atoms with E-state index in [0.717, 1.165) is 27.8 Å². The lowest BCUT2D eigenvalue weighted by molar-refractivity contribution is 0.112. The van der Waals surface area contributed by atoms with E-state index in [-0.39, 0.29) is 0 Å². The van der Waals surface area contributed by atoms with Crippen LogP contribution in [0.4, 0.5) is 0 Å². The second-order valence-corrected chi connectivity index (χ2v) is 6.51. The summed E-state index contributed by atoms with van der Waals surface area (Å²) in [7, 11) is 0. The number of aldehydes is 1. The van der Waals surface area contributed by atoms with Gasteiger partial charge in [0, 0.05) is 16.7 Å². The molecule has 0 aliphatic heterocycles. The first kappa shape index (κ1) is 15.3. The molecule has 110 valence electrons. The van der Waals surface area contributed by atoms with Gasteiger partial charge in [0.1, 0.15) is 5.03 Å². The minimum absolute atomic E-state index is 0.529. The topological polar surface area (TPSA) is 30.0 Å². The number of carbonyl (C=O) groups is 1. The van der Waals surface area contributed by atoms with Crippen LogP contribution in [0.1, 0.15) is 15.9 Å². The molecule has 1 aromatic heterocycles. The van der Waals surface area contributed by atoms with Crippen molar-refractivity contribution in [1.82, 2.24) is 4.98 Å². The van der Waals surface area contributed by atoms with Gasteiger partial charge in [-0.2, -0.15) is 0 Å². The first-order valence-electron chi connectivity index (χ1n) is 6.59. The third-order valence-electron chi connectivity index (χ3n) is 3.20. The lowest BCUT2D eigenvalue weighted by atomic mass is 10.2. The number of aromatic nitrogens is 1. The fraction of sp³-hybridized carbons (Fsp3) is 0.0588. The molecule has 0 amide bonds. The first-order valence-corrected chi connectivity index (χ1v) is 8.33. The summed E-state index contributed by atoms with van der Waals surface area (Å²) >= 11 is 13.4. The van der Waals surface area contributed by atoms with Crippen LogP contribution in [0.5, 0.6) is 0 Å². The Kier molecular flexibility index (Phi) is 4.67. The summed E-state index contributed by atoms with van der Waals surface area (Å²) in [6.45, 7) is 0. The number of hydrogen-bond acceptors (Lipinski definition) is 3. The Labute approximate surface area is 142 Å². The van der Waals surface area contributed by atoms with Crippen molar-refractivity contribution in [2.45, 2.75) is 10.8 Å². The van der Waals surface area contributed by atoms with Crippen molar-refractivity contribution in [2.75, 3.05) is 0 Å². The lowest BCUT2D eigenvalue weighted by Crippen LogP contribution is -1.92. The van der Waals surface area contributed by atoms with E-state index in [9.17, 15) is 4.79 Å². The maximum Gasteiger partial charge on any atom is 0.152 e. The summed E-state index contributed by atoms with van der Waals surface area (Å²) < 4.78 is 0. The van der Waals surface area contributed by atoms with Gasteiger partial charge < -0.3 is 0 Å². The Morgan fingerprint density at radius 3 is 2.64 bits per heavy atom.